The van der Waals surface area contributed by atoms with Gasteiger partial charge in [-0.3, -0.25) is 4.90 Å². The summed E-state index contributed by atoms with van der Waals surface area (Å²) in [6, 6.07) is 6.65. The predicted octanol–water partition coefficient (Wildman–Crippen LogP) is -0.0578. The van der Waals surface area contributed by atoms with Crippen molar-refractivity contribution in [3.8, 4) is 0 Å². The molecular formula is C14H20N2O. The van der Waals surface area contributed by atoms with Crippen LogP contribution in [-0.4, -0.2) is 42.8 Å². The molecular weight excluding hydrogens is 212 g/mol. The Bertz CT molecular complexity index is 413. The number of nitrogens with zero attached hydrogens (tertiary/aromatic N) is 1. The number of hydrogen-bond acceptors (Lipinski definition) is 2. The van der Waals surface area contributed by atoms with E-state index in [1.807, 2.05) is 0 Å². The lowest BCUT2D eigenvalue weighted by Crippen LogP contribution is -3.00. The fraction of sp³-hybridized carbons (Fsp3) is 0.500. The number of aliphatic hydroxyl groups excluding tert-OH is 1. The SMILES string of the molecule is [CH2-][NH+]1CCc2c(C3CN(CCO)C3)cccc21. The van der Waals surface area contributed by atoms with E-state index in [1.54, 1.807) is 0 Å². The monoisotopic (exact) mass is 232 g/mol. The van der Waals surface area contributed by atoms with Crippen LogP contribution in [0.15, 0.2) is 18.2 Å². The lowest BCUT2D eigenvalue weighted by molar-refractivity contribution is -0.775. The summed E-state index contributed by atoms with van der Waals surface area (Å²) in [6.45, 7) is 4.42. The Labute approximate surface area is 103 Å². The summed E-state index contributed by atoms with van der Waals surface area (Å²) in [5, 5.41) is 8.89. The van der Waals surface area contributed by atoms with E-state index in [2.05, 4.69) is 30.1 Å². The average molecular weight is 232 g/mol. The van der Waals surface area contributed by atoms with E-state index in [9.17, 15) is 0 Å². The van der Waals surface area contributed by atoms with E-state index in [0.717, 1.165) is 26.2 Å². The Morgan fingerprint density at radius 2 is 2.24 bits per heavy atom. The minimum Gasteiger partial charge on any atom is -0.434 e. The first kappa shape index (κ1) is 11.2. The Hall–Kier alpha value is -0.900. The molecule has 92 valence electrons. The first-order chi connectivity index (χ1) is 8.29. The highest BCUT2D eigenvalue weighted by Crippen LogP contribution is 2.32. The van der Waals surface area contributed by atoms with Gasteiger partial charge >= 0.3 is 0 Å². The van der Waals surface area contributed by atoms with Crippen molar-refractivity contribution in [1.29, 1.82) is 0 Å². The summed E-state index contributed by atoms with van der Waals surface area (Å²) >= 11 is 0. The first-order valence-electron chi connectivity index (χ1n) is 6.42. The predicted molar refractivity (Wildman–Crippen MR) is 67.3 cm³/mol. The van der Waals surface area contributed by atoms with Crippen LogP contribution in [0.25, 0.3) is 0 Å². The van der Waals surface area contributed by atoms with Crippen molar-refractivity contribution in [3.63, 3.8) is 0 Å². The summed E-state index contributed by atoms with van der Waals surface area (Å²) < 4.78 is 0. The molecule has 17 heavy (non-hydrogen) atoms. The van der Waals surface area contributed by atoms with Crippen molar-refractivity contribution >= 4 is 5.69 Å². The average Bonchev–Trinajstić information content (AvgIpc) is 2.66. The van der Waals surface area contributed by atoms with Gasteiger partial charge in [0.25, 0.3) is 0 Å². The van der Waals surface area contributed by atoms with Gasteiger partial charge in [0.1, 0.15) is 5.69 Å². The zero-order valence-corrected chi connectivity index (χ0v) is 10.2. The Morgan fingerprint density at radius 1 is 1.41 bits per heavy atom. The van der Waals surface area contributed by atoms with Gasteiger partial charge in [-0.1, -0.05) is 12.1 Å². The molecule has 0 saturated carbocycles. The maximum atomic E-state index is 8.89. The molecule has 2 N–H and O–H groups in total. The number of β-amino-alcohol motifs (C(OH)–C–C–N with tert-alkyl or cyclic N) is 1. The number of likely N-dealkylation sites (tertiary alicyclic amines) is 1. The molecule has 3 nitrogen and oxygen atoms in total. The lowest BCUT2D eigenvalue weighted by atomic mass is 9.87. The summed E-state index contributed by atoms with van der Waals surface area (Å²) in [4.78, 5) is 3.61. The molecule has 0 aliphatic carbocycles. The molecule has 1 atom stereocenters. The number of quaternary nitrogens is 1. The number of fused-ring (bicyclic) bond motifs is 1. The molecule has 0 spiro atoms. The van der Waals surface area contributed by atoms with Crippen LogP contribution >= 0.6 is 0 Å². The molecule has 2 aliphatic rings. The smallest absolute Gasteiger partial charge is 0.108 e. The van der Waals surface area contributed by atoms with Crippen molar-refractivity contribution in [3.05, 3.63) is 36.4 Å². The fourth-order valence-corrected chi connectivity index (χ4v) is 3.10. The standard InChI is InChI=1S/C14H20N2O/c1-15-6-5-13-12(3-2-4-14(13)15)11-9-16(10-11)7-8-17/h2-4,11,15,17H,1,5-10H2. The summed E-state index contributed by atoms with van der Waals surface area (Å²) in [6.07, 6.45) is 1.17. The van der Waals surface area contributed by atoms with Gasteiger partial charge < -0.3 is 10.0 Å². The van der Waals surface area contributed by atoms with Crippen molar-refractivity contribution < 1.29 is 10.0 Å². The van der Waals surface area contributed by atoms with Crippen molar-refractivity contribution in [2.45, 2.75) is 12.3 Å². The third-order valence-electron chi connectivity index (χ3n) is 4.08. The van der Waals surface area contributed by atoms with Gasteiger partial charge in [0.15, 0.2) is 0 Å². The number of nitrogens with one attached hydrogen (secondary N) is 1. The third kappa shape index (κ3) is 1.88. The molecule has 1 fully saturated rings. The van der Waals surface area contributed by atoms with Gasteiger partial charge in [0.05, 0.1) is 13.2 Å². The third-order valence-corrected chi connectivity index (χ3v) is 4.08. The molecule has 1 aromatic rings. The Kier molecular flexibility index (Phi) is 2.90. The topological polar surface area (TPSA) is 27.9 Å². The minimum absolute atomic E-state index is 0.274. The van der Waals surface area contributed by atoms with Crippen molar-refractivity contribution in [2.24, 2.45) is 0 Å². The highest BCUT2D eigenvalue weighted by atomic mass is 16.3. The highest BCUT2D eigenvalue weighted by molar-refractivity contribution is 5.49. The molecule has 0 radical (unpaired) electrons. The second-order valence-electron chi connectivity index (χ2n) is 5.16. The van der Waals surface area contributed by atoms with Gasteiger partial charge in [0.2, 0.25) is 0 Å². The van der Waals surface area contributed by atoms with Gasteiger partial charge in [0, 0.05) is 37.5 Å². The van der Waals surface area contributed by atoms with Crippen molar-refractivity contribution in [1.82, 2.24) is 4.90 Å². The Balaban J connectivity index is 1.77. The highest BCUT2D eigenvalue weighted by Gasteiger charge is 2.31. The van der Waals surface area contributed by atoms with Crippen molar-refractivity contribution in [2.75, 3.05) is 32.8 Å². The van der Waals surface area contributed by atoms with Gasteiger partial charge in [-0.15, -0.1) is 7.05 Å². The van der Waals surface area contributed by atoms with E-state index in [4.69, 9.17) is 5.11 Å². The molecule has 0 bridgehead atoms. The number of aliphatic hydroxyl groups is 1. The van der Waals surface area contributed by atoms with Gasteiger partial charge in [-0.25, -0.2) is 0 Å². The van der Waals surface area contributed by atoms with E-state index < -0.39 is 0 Å². The van der Waals surface area contributed by atoms with Gasteiger partial charge in [-0.05, 0) is 11.6 Å². The number of rotatable bonds is 3. The minimum atomic E-state index is 0.274. The largest absolute Gasteiger partial charge is 0.434 e. The zero-order chi connectivity index (χ0) is 11.8. The zero-order valence-electron chi connectivity index (χ0n) is 10.2. The van der Waals surface area contributed by atoms with Crippen LogP contribution in [0.4, 0.5) is 5.69 Å². The molecule has 2 heterocycles. The lowest BCUT2D eigenvalue weighted by Gasteiger charge is -2.39. The molecule has 0 amide bonds. The van der Waals surface area contributed by atoms with E-state index in [1.165, 1.54) is 28.1 Å². The van der Waals surface area contributed by atoms with Crippen LogP contribution in [0.3, 0.4) is 0 Å². The number of hydrogen-bond donors (Lipinski definition) is 2. The molecule has 3 rings (SSSR count). The second kappa shape index (κ2) is 4.41. The fourth-order valence-electron chi connectivity index (χ4n) is 3.10. The molecule has 1 aromatic carbocycles. The van der Waals surface area contributed by atoms with Crippen LogP contribution in [0.2, 0.25) is 0 Å². The molecule has 0 aromatic heterocycles. The van der Waals surface area contributed by atoms with Crippen LogP contribution in [-0.2, 0) is 6.42 Å². The van der Waals surface area contributed by atoms with Crippen LogP contribution in [0.5, 0.6) is 0 Å². The summed E-state index contributed by atoms with van der Waals surface area (Å²) in [5.74, 6) is 0.669. The van der Waals surface area contributed by atoms with Crippen LogP contribution in [0.1, 0.15) is 17.0 Å². The molecule has 1 saturated heterocycles. The maximum absolute atomic E-state index is 8.89. The van der Waals surface area contributed by atoms with E-state index in [-0.39, 0.29) is 6.61 Å². The summed E-state index contributed by atoms with van der Waals surface area (Å²) in [5.41, 5.74) is 4.45. The van der Waals surface area contributed by atoms with Crippen LogP contribution in [0, 0.1) is 7.05 Å². The second-order valence-corrected chi connectivity index (χ2v) is 5.16. The maximum Gasteiger partial charge on any atom is 0.108 e. The number of benzene rings is 1. The van der Waals surface area contributed by atoms with Crippen LogP contribution < -0.4 is 4.90 Å². The molecule has 2 aliphatic heterocycles. The summed E-state index contributed by atoms with van der Waals surface area (Å²) in [7, 11) is 4.14. The molecule has 1 unspecified atom stereocenters. The Morgan fingerprint density at radius 3 is 3.00 bits per heavy atom. The van der Waals surface area contributed by atoms with E-state index >= 15 is 0 Å². The normalized spacial score (nSPS) is 24.7. The molecule has 3 heteroatoms. The van der Waals surface area contributed by atoms with Gasteiger partial charge in [-0.2, -0.15) is 0 Å². The quantitative estimate of drug-likeness (QED) is 0.715. The van der Waals surface area contributed by atoms with E-state index in [0.29, 0.717) is 5.92 Å². The first-order valence-corrected chi connectivity index (χ1v) is 6.42.